The fraction of sp³-hybridized carbons (Fsp3) is 0.500. The van der Waals surface area contributed by atoms with Crippen LogP contribution < -0.4 is 5.32 Å². The quantitative estimate of drug-likeness (QED) is 0.899. The first kappa shape index (κ1) is 17.9. The Hall–Kier alpha value is -1.46. The van der Waals surface area contributed by atoms with E-state index in [-0.39, 0.29) is 18.4 Å². The lowest BCUT2D eigenvalue weighted by Crippen LogP contribution is -2.41. The molecule has 0 aromatic heterocycles. The molecule has 0 atom stereocenters. The second-order valence-corrected chi connectivity index (χ2v) is 6.46. The lowest BCUT2D eigenvalue weighted by Gasteiger charge is -2.30. The highest BCUT2D eigenvalue weighted by Gasteiger charge is 2.23. The second kappa shape index (κ2) is 8.41. The van der Waals surface area contributed by atoms with E-state index in [9.17, 15) is 9.59 Å². The smallest absolute Gasteiger partial charge is 0.409 e. The predicted octanol–water partition coefficient (Wildman–Crippen LogP) is 3.13. The van der Waals surface area contributed by atoms with E-state index in [4.69, 9.17) is 27.9 Å². The number of ether oxygens (including phenoxy) is 1. The number of rotatable bonds is 4. The highest BCUT2D eigenvalue weighted by atomic mass is 35.5. The zero-order chi connectivity index (χ0) is 16.8. The van der Waals surface area contributed by atoms with E-state index in [1.165, 1.54) is 7.11 Å². The Kier molecular flexibility index (Phi) is 6.54. The van der Waals surface area contributed by atoms with Crippen LogP contribution in [0.25, 0.3) is 0 Å². The molecule has 1 aliphatic rings. The van der Waals surface area contributed by atoms with Crippen molar-refractivity contribution in [1.29, 1.82) is 0 Å². The van der Waals surface area contributed by atoms with Crippen molar-refractivity contribution in [2.75, 3.05) is 26.7 Å². The standard InChI is InChI=1S/C16H20Cl2N2O3/c1-23-16(22)20-6-4-11(5-7-20)10-19-15(21)8-12-2-3-13(17)9-14(12)18/h2-3,9,11H,4-8,10H2,1H3,(H,19,21). The Labute approximate surface area is 145 Å². The van der Waals surface area contributed by atoms with Gasteiger partial charge in [-0.3, -0.25) is 4.79 Å². The van der Waals surface area contributed by atoms with Gasteiger partial charge in [0.15, 0.2) is 0 Å². The lowest BCUT2D eigenvalue weighted by molar-refractivity contribution is -0.120. The van der Waals surface area contributed by atoms with Crippen molar-refractivity contribution in [1.82, 2.24) is 10.2 Å². The molecule has 5 nitrogen and oxygen atoms in total. The molecule has 7 heteroatoms. The number of nitrogens with zero attached hydrogens (tertiary/aromatic N) is 1. The van der Waals surface area contributed by atoms with Crippen molar-refractivity contribution >= 4 is 35.2 Å². The van der Waals surface area contributed by atoms with Gasteiger partial charge >= 0.3 is 6.09 Å². The van der Waals surface area contributed by atoms with Gasteiger partial charge in [0, 0.05) is 29.7 Å². The molecule has 0 bridgehead atoms. The number of methoxy groups -OCH3 is 1. The molecule has 23 heavy (non-hydrogen) atoms. The summed E-state index contributed by atoms with van der Waals surface area (Å²) < 4.78 is 4.70. The van der Waals surface area contributed by atoms with Gasteiger partial charge in [-0.25, -0.2) is 4.79 Å². The summed E-state index contributed by atoms with van der Waals surface area (Å²) in [6.45, 7) is 1.94. The summed E-state index contributed by atoms with van der Waals surface area (Å²) in [6, 6.07) is 5.12. The Morgan fingerprint density at radius 3 is 2.61 bits per heavy atom. The normalized spacial score (nSPS) is 15.3. The SMILES string of the molecule is COC(=O)N1CCC(CNC(=O)Cc2ccc(Cl)cc2Cl)CC1. The number of carbonyl (C=O) groups excluding carboxylic acids is 2. The number of amides is 2. The number of hydrogen-bond donors (Lipinski definition) is 1. The van der Waals surface area contributed by atoms with E-state index < -0.39 is 0 Å². The Morgan fingerprint density at radius 1 is 1.30 bits per heavy atom. The predicted molar refractivity (Wildman–Crippen MR) is 89.9 cm³/mol. The van der Waals surface area contributed by atoms with Crippen molar-refractivity contribution in [3.63, 3.8) is 0 Å². The third-order valence-corrected chi connectivity index (χ3v) is 4.59. The van der Waals surface area contributed by atoms with E-state index in [0.717, 1.165) is 18.4 Å². The van der Waals surface area contributed by atoms with Crippen LogP contribution in [-0.2, 0) is 16.0 Å². The number of carbonyl (C=O) groups is 2. The summed E-state index contributed by atoms with van der Waals surface area (Å²) in [5, 5.41) is 3.99. The molecule has 1 aromatic carbocycles. The molecule has 1 aromatic rings. The summed E-state index contributed by atoms with van der Waals surface area (Å²) in [5.41, 5.74) is 0.758. The fourth-order valence-corrected chi connectivity index (χ4v) is 3.08. The second-order valence-electron chi connectivity index (χ2n) is 5.62. The average molecular weight is 359 g/mol. The van der Waals surface area contributed by atoms with Gasteiger partial charge in [-0.15, -0.1) is 0 Å². The molecule has 2 amide bonds. The minimum atomic E-state index is -0.287. The number of likely N-dealkylation sites (tertiary alicyclic amines) is 1. The Bertz CT molecular complexity index is 572. The molecule has 0 aliphatic carbocycles. The molecule has 1 N–H and O–H groups in total. The van der Waals surface area contributed by atoms with Crippen molar-refractivity contribution in [3.05, 3.63) is 33.8 Å². The number of piperidine rings is 1. The number of halogens is 2. The van der Waals surface area contributed by atoms with Gasteiger partial charge in [0.2, 0.25) is 5.91 Å². The van der Waals surface area contributed by atoms with Crippen LogP contribution in [-0.4, -0.2) is 43.6 Å². The van der Waals surface area contributed by atoms with Crippen LogP contribution in [0.4, 0.5) is 4.79 Å². The van der Waals surface area contributed by atoms with E-state index in [1.54, 1.807) is 23.1 Å². The molecule has 1 heterocycles. The van der Waals surface area contributed by atoms with Gasteiger partial charge in [-0.2, -0.15) is 0 Å². The zero-order valence-electron chi connectivity index (χ0n) is 13.0. The summed E-state index contributed by atoms with van der Waals surface area (Å²) >= 11 is 11.9. The van der Waals surface area contributed by atoms with Crippen LogP contribution in [0, 0.1) is 5.92 Å². The maximum absolute atomic E-state index is 12.0. The maximum atomic E-state index is 12.0. The molecular formula is C16H20Cl2N2O3. The minimum Gasteiger partial charge on any atom is -0.453 e. The van der Waals surface area contributed by atoms with E-state index >= 15 is 0 Å². The first-order valence-corrected chi connectivity index (χ1v) is 8.28. The monoisotopic (exact) mass is 358 g/mol. The van der Waals surface area contributed by atoms with Crippen LogP contribution in [0.1, 0.15) is 18.4 Å². The molecule has 0 spiro atoms. The van der Waals surface area contributed by atoms with Gasteiger partial charge < -0.3 is 15.0 Å². The number of nitrogens with one attached hydrogen (secondary N) is 1. The largest absolute Gasteiger partial charge is 0.453 e. The zero-order valence-corrected chi connectivity index (χ0v) is 14.5. The van der Waals surface area contributed by atoms with E-state index in [2.05, 4.69) is 5.32 Å². The third kappa shape index (κ3) is 5.29. The van der Waals surface area contributed by atoms with E-state index in [1.807, 2.05) is 0 Å². The highest BCUT2D eigenvalue weighted by molar-refractivity contribution is 6.35. The number of benzene rings is 1. The number of hydrogen-bond acceptors (Lipinski definition) is 3. The molecular weight excluding hydrogens is 339 g/mol. The van der Waals surface area contributed by atoms with Crippen LogP contribution in [0.3, 0.4) is 0 Å². The van der Waals surface area contributed by atoms with Crippen LogP contribution in [0.15, 0.2) is 18.2 Å². The van der Waals surface area contributed by atoms with Crippen molar-refractivity contribution in [3.8, 4) is 0 Å². The fourth-order valence-electron chi connectivity index (χ4n) is 2.61. The van der Waals surface area contributed by atoms with Crippen LogP contribution >= 0.6 is 23.2 Å². The third-order valence-electron chi connectivity index (χ3n) is 4.00. The Balaban J connectivity index is 1.74. The molecule has 0 saturated carbocycles. The van der Waals surface area contributed by atoms with Crippen LogP contribution in [0.2, 0.25) is 10.0 Å². The average Bonchev–Trinajstić information content (AvgIpc) is 2.55. The molecule has 0 radical (unpaired) electrons. The summed E-state index contributed by atoms with van der Waals surface area (Å²) in [7, 11) is 1.39. The van der Waals surface area contributed by atoms with Crippen molar-refractivity contribution in [2.24, 2.45) is 5.92 Å². The van der Waals surface area contributed by atoms with Gasteiger partial charge in [-0.1, -0.05) is 29.3 Å². The minimum absolute atomic E-state index is 0.0652. The topological polar surface area (TPSA) is 58.6 Å². The Morgan fingerprint density at radius 2 is 2.00 bits per heavy atom. The first-order valence-electron chi connectivity index (χ1n) is 7.53. The molecule has 1 saturated heterocycles. The molecule has 2 rings (SSSR count). The summed E-state index contributed by atoms with van der Waals surface area (Å²) in [5.74, 6) is 0.310. The maximum Gasteiger partial charge on any atom is 0.409 e. The van der Waals surface area contributed by atoms with Crippen molar-refractivity contribution in [2.45, 2.75) is 19.3 Å². The lowest BCUT2D eigenvalue weighted by atomic mass is 9.97. The summed E-state index contributed by atoms with van der Waals surface area (Å²) in [6.07, 6.45) is 1.66. The molecule has 1 aliphatic heterocycles. The molecule has 1 fully saturated rings. The van der Waals surface area contributed by atoms with E-state index in [0.29, 0.717) is 35.6 Å². The van der Waals surface area contributed by atoms with Gasteiger partial charge in [0.25, 0.3) is 0 Å². The van der Waals surface area contributed by atoms with Gasteiger partial charge in [0.1, 0.15) is 0 Å². The molecule has 0 unspecified atom stereocenters. The van der Waals surface area contributed by atoms with Gasteiger partial charge in [0.05, 0.1) is 13.5 Å². The summed E-state index contributed by atoms with van der Waals surface area (Å²) in [4.78, 5) is 25.1. The highest BCUT2D eigenvalue weighted by Crippen LogP contribution is 2.21. The van der Waals surface area contributed by atoms with Crippen LogP contribution in [0.5, 0.6) is 0 Å². The van der Waals surface area contributed by atoms with Gasteiger partial charge in [-0.05, 0) is 36.5 Å². The molecule has 126 valence electrons. The first-order chi connectivity index (χ1) is 11.0. The van der Waals surface area contributed by atoms with Crippen molar-refractivity contribution < 1.29 is 14.3 Å².